The summed E-state index contributed by atoms with van der Waals surface area (Å²) in [7, 11) is 0. The zero-order valence-electron chi connectivity index (χ0n) is 17.4. The number of rotatable bonds is 2. The molecular weight excluding hydrogens is 358 g/mol. The van der Waals surface area contributed by atoms with Gasteiger partial charge in [0.15, 0.2) is 0 Å². The molecule has 2 N–H and O–H groups in total. The van der Waals surface area contributed by atoms with Crippen molar-refractivity contribution in [1.82, 2.24) is 5.32 Å². The maximum absolute atomic E-state index is 12.9. The van der Waals surface area contributed by atoms with E-state index in [1.54, 1.807) is 0 Å². The average molecular weight is 390 g/mol. The Morgan fingerprint density at radius 1 is 1.07 bits per heavy atom. The van der Waals surface area contributed by atoms with Crippen LogP contribution in [0.2, 0.25) is 0 Å². The molecule has 3 nitrogen and oxygen atoms in total. The number of phenols is 1. The number of benzene rings is 2. The van der Waals surface area contributed by atoms with Crippen LogP contribution in [0.25, 0.3) is 0 Å². The number of carbonyl (C=O) groups excluding carboxylic acids is 1. The van der Waals surface area contributed by atoms with Gasteiger partial charge in [0.25, 0.3) is 5.91 Å². The number of aryl methyl sites for hydroxylation is 2. The molecule has 2 fully saturated rings. The number of amides is 1. The topological polar surface area (TPSA) is 49.3 Å². The quantitative estimate of drug-likeness (QED) is 0.727. The molecule has 29 heavy (non-hydrogen) atoms. The molecule has 0 heterocycles. The first kappa shape index (κ1) is 18.7. The lowest BCUT2D eigenvalue weighted by Gasteiger charge is -2.51. The van der Waals surface area contributed by atoms with Crippen LogP contribution in [0.1, 0.15) is 72.0 Å². The molecule has 5 rings (SSSR count). The van der Waals surface area contributed by atoms with Crippen molar-refractivity contribution >= 4 is 5.91 Å². The van der Waals surface area contributed by atoms with E-state index in [-0.39, 0.29) is 17.4 Å². The van der Waals surface area contributed by atoms with Crippen LogP contribution in [-0.4, -0.2) is 17.1 Å². The summed E-state index contributed by atoms with van der Waals surface area (Å²) in [4.78, 5) is 12.9. The van der Waals surface area contributed by atoms with E-state index in [4.69, 9.17) is 0 Å². The molecule has 2 aromatic carbocycles. The van der Waals surface area contributed by atoms with Crippen LogP contribution in [0, 0.1) is 24.2 Å². The van der Waals surface area contributed by atoms with E-state index in [0.29, 0.717) is 23.5 Å². The number of nitrogens with one attached hydrogen (secondary N) is 1. The molecule has 2 saturated carbocycles. The molecule has 2 aromatic rings. The maximum Gasteiger partial charge on any atom is 0.251 e. The largest absolute Gasteiger partial charge is 0.508 e. The molecule has 1 amide bonds. The summed E-state index contributed by atoms with van der Waals surface area (Å²) in [6, 6.07) is 14.1. The summed E-state index contributed by atoms with van der Waals surface area (Å²) in [6.07, 6.45) is 6.93. The number of fused-ring (bicyclic) bond motifs is 5. The molecule has 5 atom stereocenters. The molecule has 0 unspecified atom stereocenters. The highest BCUT2D eigenvalue weighted by molar-refractivity contribution is 5.94. The first-order valence-electron chi connectivity index (χ1n) is 11.1. The van der Waals surface area contributed by atoms with Crippen LogP contribution in [0.3, 0.4) is 0 Å². The first-order valence-corrected chi connectivity index (χ1v) is 11.1. The van der Waals surface area contributed by atoms with Gasteiger partial charge in [-0.2, -0.15) is 0 Å². The summed E-state index contributed by atoms with van der Waals surface area (Å²) < 4.78 is 0. The van der Waals surface area contributed by atoms with Crippen molar-refractivity contribution in [2.75, 3.05) is 0 Å². The predicted molar refractivity (Wildman–Crippen MR) is 115 cm³/mol. The van der Waals surface area contributed by atoms with Crippen LogP contribution >= 0.6 is 0 Å². The number of hydrogen-bond donors (Lipinski definition) is 2. The van der Waals surface area contributed by atoms with E-state index in [9.17, 15) is 9.90 Å². The maximum atomic E-state index is 12.9. The summed E-state index contributed by atoms with van der Waals surface area (Å²) >= 11 is 0. The van der Waals surface area contributed by atoms with Crippen molar-refractivity contribution in [3.63, 3.8) is 0 Å². The lowest BCUT2D eigenvalue weighted by Crippen LogP contribution is -2.50. The third kappa shape index (κ3) is 3.06. The van der Waals surface area contributed by atoms with E-state index in [2.05, 4.69) is 18.3 Å². The second-order valence-electron chi connectivity index (χ2n) is 9.81. The molecule has 3 aliphatic carbocycles. The molecule has 152 valence electrons. The third-order valence-corrected chi connectivity index (χ3v) is 8.33. The minimum absolute atomic E-state index is 0.0727. The van der Waals surface area contributed by atoms with Gasteiger partial charge in [-0.25, -0.2) is 0 Å². The zero-order chi connectivity index (χ0) is 20.2. The van der Waals surface area contributed by atoms with E-state index < -0.39 is 0 Å². The molecule has 0 spiro atoms. The SMILES string of the molecule is Cc1ccc(C(=O)N[C@H]2CC[C@H]3[C@@H]4CCc5cc(O)ccc5[C@H]4CC[C@]23C)cc1. The number of aromatic hydroxyl groups is 1. The van der Waals surface area contributed by atoms with E-state index >= 15 is 0 Å². The van der Waals surface area contributed by atoms with Crippen molar-refractivity contribution in [3.05, 3.63) is 64.7 Å². The van der Waals surface area contributed by atoms with Crippen LogP contribution in [0.4, 0.5) is 0 Å². The second kappa shape index (κ2) is 6.90. The van der Waals surface area contributed by atoms with Gasteiger partial charge in [-0.1, -0.05) is 30.7 Å². The van der Waals surface area contributed by atoms with Gasteiger partial charge in [-0.05, 0) is 104 Å². The van der Waals surface area contributed by atoms with Gasteiger partial charge in [0, 0.05) is 11.6 Å². The minimum atomic E-state index is 0.0727. The fourth-order valence-corrected chi connectivity index (χ4v) is 6.75. The summed E-state index contributed by atoms with van der Waals surface area (Å²) in [5, 5.41) is 13.3. The predicted octanol–water partition coefficient (Wildman–Crippen LogP) is 5.36. The van der Waals surface area contributed by atoms with E-state index in [1.807, 2.05) is 43.3 Å². The highest BCUT2D eigenvalue weighted by Gasteiger charge is 2.55. The Labute approximate surface area is 173 Å². The van der Waals surface area contributed by atoms with E-state index in [1.165, 1.54) is 36.0 Å². The van der Waals surface area contributed by atoms with Crippen LogP contribution in [0.15, 0.2) is 42.5 Å². The fourth-order valence-electron chi connectivity index (χ4n) is 6.75. The van der Waals surface area contributed by atoms with Gasteiger partial charge in [0.1, 0.15) is 5.75 Å². The Kier molecular flexibility index (Phi) is 4.45. The number of carbonyl (C=O) groups is 1. The Bertz CT molecular complexity index is 934. The lowest BCUT2D eigenvalue weighted by atomic mass is 9.55. The van der Waals surface area contributed by atoms with Crippen molar-refractivity contribution < 1.29 is 9.90 Å². The summed E-state index contributed by atoms with van der Waals surface area (Å²) in [5.74, 6) is 2.45. The van der Waals surface area contributed by atoms with E-state index in [0.717, 1.165) is 24.8 Å². The zero-order valence-corrected chi connectivity index (χ0v) is 17.4. The first-order chi connectivity index (χ1) is 14.0. The fraction of sp³-hybridized carbons (Fsp3) is 0.500. The highest BCUT2D eigenvalue weighted by atomic mass is 16.3. The van der Waals surface area contributed by atoms with Gasteiger partial charge in [-0.15, -0.1) is 0 Å². The number of phenolic OH excluding ortho intramolecular Hbond substituents is 1. The van der Waals surface area contributed by atoms with Crippen molar-refractivity contribution in [2.45, 2.75) is 64.3 Å². The second-order valence-corrected chi connectivity index (χ2v) is 9.81. The van der Waals surface area contributed by atoms with Gasteiger partial charge in [-0.3, -0.25) is 4.79 Å². The number of hydrogen-bond acceptors (Lipinski definition) is 2. The molecule has 0 aromatic heterocycles. The van der Waals surface area contributed by atoms with Crippen molar-refractivity contribution in [2.24, 2.45) is 17.3 Å². The molecule has 0 aliphatic heterocycles. The Hall–Kier alpha value is -2.29. The molecule has 3 heteroatoms. The van der Waals surface area contributed by atoms with Gasteiger partial charge in [0.2, 0.25) is 0 Å². The molecular formula is C26H31NO2. The Morgan fingerprint density at radius 2 is 1.86 bits per heavy atom. The molecule has 0 saturated heterocycles. The smallest absolute Gasteiger partial charge is 0.251 e. The standard InChI is InChI=1S/C26H31NO2/c1-16-3-5-17(6-4-16)25(29)27-24-12-11-23-22-9-7-18-15-19(28)8-10-20(18)21(22)13-14-26(23,24)2/h3-6,8,10,15,21-24,28H,7,9,11-14H2,1-2H3,(H,27,29)/t21-,22-,23+,24+,26+/m1/s1. The van der Waals surface area contributed by atoms with Crippen LogP contribution in [0.5, 0.6) is 5.75 Å². The average Bonchev–Trinajstić information content (AvgIpc) is 3.04. The van der Waals surface area contributed by atoms with Crippen LogP contribution < -0.4 is 5.32 Å². The Balaban J connectivity index is 1.36. The Morgan fingerprint density at radius 3 is 2.66 bits per heavy atom. The molecule has 3 aliphatic rings. The third-order valence-electron chi connectivity index (χ3n) is 8.33. The monoisotopic (exact) mass is 389 g/mol. The lowest BCUT2D eigenvalue weighted by molar-refractivity contribution is 0.0394. The summed E-state index contributed by atoms with van der Waals surface area (Å²) in [6.45, 7) is 4.47. The van der Waals surface area contributed by atoms with Crippen molar-refractivity contribution in [3.8, 4) is 5.75 Å². The molecule has 0 radical (unpaired) electrons. The molecule has 0 bridgehead atoms. The minimum Gasteiger partial charge on any atom is -0.508 e. The highest BCUT2D eigenvalue weighted by Crippen LogP contribution is 2.61. The van der Waals surface area contributed by atoms with Gasteiger partial charge >= 0.3 is 0 Å². The normalized spacial score (nSPS) is 32.8. The summed E-state index contributed by atoms with van der Waals surface area (Å²) in [5.41, 5.74) is 4.95. The van der Waals surface area contributed by atoms with Gasteiger partial charge in [0.05, 0.1) is 0 Å². The van der Waals surface area contributed by atoms with Gasteiger partial charge < -0.3 is 10.4 Å². The van der Waals surface area contributed by atoms with Crippen LogP contribution in [-0.2, 0) is 6.42 Å². The van der Waals surface area contributed by atoms with Crippen molar-refractivity contribution in [1.29, 1.82) is 0 Å².